The second-order valence-corrected chi connectivity index (χ2v) is 8.75. The quantitative estimate of drug-likeness (QED) is 0.185. The Bertz CT molecular complexity index is 1420. The van der Waals surface area contributed by atoms with Crippen molar-refractivity contribution < 1.29 is 0 Å². The smallest absolute Gasteiger partial charge is 0.155 e. The third-order valence-electron chi connectivity index (χ3n) is 5.90. The highest BCUT2D eigenvalue weighted by molar-refractivity contribution is 6.14. The van der Waals surface area contributed by atoms with Gasteiger partial charge in [-0.2, -0.15) is 0 Å². The molecule has 5 nitrogen and oxygen atoms in total. The number of hydrogen-bond acceptors (Lipinski definition) is 3. The average Bonchev–Trinajstić information content (AvgIpc) is 2.94. The zero-order chi connectivity index (χ0) is 27.3. The molecule has 0 spiro atoms. The van der Waals surface area contributed by atoms with Gasteiger partial charge >= 0.3 is 0 Å². The zero-order valence-electron chi connectivity index (χ0n) is 22.6. The van der Waals surface area contributed by atoms with E-state index in [1.807, 2.05) is 55.5 Å². The Balaban J connectivity index is 2.10. The van der Waals surface area contributed by atoms with E-state index in [9.17, 15) is 0 Å². The number of nitrogens with one attached hydrogen (secondary N) is 2. The van der Waals surface area contributed by atoms with Crippen molar-refractivity contribution in [1.29, 1.82) is 5.41 Å². The predicted octanol–water partition coefficient (Wildman–Crippen LogP) is 7.21. The first-order valence-corrected chi connectivity index (χ1v) is 12.5. The van der Waals surface area contributed by atoms with Crippen LogP contribution in [0.1, 0.15) is 36.1 Å². The van der Waals surface area contributed by atoms with Crippen LogP contribution in [0.4, 0.5) is 0 Å². The van der Waals surface area contributed by atoms with Crippen LogP contribution in [0, 0.1) is 12.3 Å². The van der Waals surface area contributed by atoms with Crippen LogP contribution in [0.3, 0.4) is 0 Å². The van der Waals surface area contributed by atoms with Gasteiger partial charge in [0.05, 0.1) is 0 Å². The van der Waals surface area contributed by atoms with Gasteiger partial charge < -0.3 is 5.32 Å². The molecule has 3 aromatic rings. The molecule has 0 aliphatic rings. The molecule has 0 saturated heterocycles. The van der Waals surface area contributed by atoms with Crippen LogP contribution in [-0.4, -0.2) is 36.5 Å². The highest BCUT2D eigenvalue weighted by atomic mass is 15.0. The zero-order valence-corrected chi connectivity index (χ0v) is 22.6. The minimum Gasteiger partial charge on any atom is -0.366 e. The van der Waals surface area contributed by atoms with Crippen LogP contribution >= 0.6 is 0 Å². The van der Waals surface area contributed by atoms with Crippen molar-refractivity contribution in [3.8, 4) is 11.1 Å². The molecule has 0 saturated carbocycles. The molecule has 38 heavy (non-hydrogen) atoms. The summed E-state index contributed by atoms with van der Waals surface area (Å²) in [5.74, 6) is 0.764. The predicted molar refractivity (Wildman–Crippen MR) is 163 cm³/mol. The summed E-state index contributed by atoms with van der Waals surface area (Å²) in [6.45, 7) is 10.4. The molecule has 0 radical (unpaired) electrons. The Morgan fingerprint density at radius 2 is 1.82 bits per heavy atom. The number of hydrogen-bond donors (Lipinski definition) is 2. The van der Waals surface area contributed by atoms with Gasteiger partial charge in [-0.05, 0) is 49.1 Å². The normalized spacial score (nSPS) is 12.8. The van der Waals surface area contributed by atoms with Gasteiger partial charge in [0.25, 0.3) is 0 Å². The van der Waals surface area contributed by atoms with Gasteiger partial charge in [-0.15, -0.1) is 0 Å². The Morgan fingerprint density at radius 1 is 1.05 bits per heavy atom. The molecule has 1 aromatic heterocycles. The Hall–Kier alpha value is -4.64. The second-order valence-electron chi connectivity index (χ2n) is 8.75. The maximum atomic E-state index is 8.92. The van der Waals surface area contributed by atoms with Crippen molar-refractivity contribution in [2.75, 3.05) is 13.6 Å². The van der Waals surface area contributed by atoms with Crippen molar-refractivity contribution >= 4 is 23.5 Å². The Morgan fingerprint density at radius 3 is 2.53 bits per heavy atom. The molecule has 3 rings (SSSR count). The summed E-state index contributed by atoms with van der Waals surface area (Å²) in [6.07, 6.45) is 14.8. The van der Waals surface area contributed by atoms with E-state index in [4.69, 9.17) is 10.4 Å². The number of amidine groups is 2. The number of benzene rings is 2. The summed E-state index contributed by atoms with van der Waals surface area (Å²) in [4.78, 5) is 13.4. The fraction of sp³-hybridized carbons (Fsp3) is 0.152. The van der Waals surface area contributed by atoms with Crippen LogP contribution < -0.4 is 5.32 Å². The van der Waals surface area contributed by atoms with Gasteiger partial charge in [0.1, 0.15) is 5.84 Å². The summed E-state index contributed by atoms with van der Waals surface area (Å²) in [5.41, 5.74) is 7.76. The van der Waals surface area contributed by atoms with E-state index in [2.05, 4.69) is 66.1 Å². The fourth-order valence-corrected chi connectivity index (χ4v) is 3.96. The third kappa shape index (κ3) is 7.43. The van der Waals surface area contributed by atoms with Gasteiger partial charge in [0, 0.05) is 48.9 Å². The van der Waals surface area contributed by atoms with E-state index in [0.717, 1.165) is 39.0 Å². The number of aromatic nitrogens is 1. The fourth-order valence-electron chi connectivity index (χ4n) is 3.96. The lowest BCUT2D eigenvalue weighted by Crippen LogP contribution is -2.28. The van der Waals surface area contributed by atoms with Crippen molar-refractivity contribution in [1.82, 2.24) is 10.3 Å². The van der Waals surface area contributed by atoms with Crippen LogP contribution in [-0.2, 0) is 0 Å². The number of pyridine rings is 1. The van der Waals surface area contributed by atoms with E-state index in [1.54, 1.807) is 31.7 Å². The van der Waals surface area contributed by atoms with Crippen LogP contribution in [0.15, 0.2) is 120 Å². The number of aliphatic imine (C=N–C) groups is 2. The molecule has 2 N–H and O–H groups in total. The SMILES string of the molecule is C=C/C=C\C=C(/C)CN/C(=N/C(=N)c1cncc(C(/C=N\C)=C/C)c1)c1c(C)cccc1-c1ccccc1. The second kappa shape index (κ2) is 14.2. The molecule has 0 aliphatic carbocycles. The lowest BCUT2D eigenvalue weighted by molar-refractivity contribution is 0.981. The number of allylic oxidation sites excluding steroid dienone is 6. The van der Waals surface area contributed by atoms with Crippen molar-refractivity contribution in [2.24, 2.45) is 9.98 Å². The highest BCUT2D eigenvalue weighted by Crippen LogP contribution is 2.27. The van der Waals surface area contributed by atoms with Gasteiger partial charge in [-0.3, -0.25) is 15.4 Å². The minimum absolute atomic E-state index is 0.126. The molecular weight excluding hydrogens is 466 g/mol. The highest BCUT2D eigenvalue weighted by Gasteiger charge is 2.16. The monoisotopic (exact) mass is 501 g/mol. The first kappa shape index (κ1) is 27.9. The van der Waals surface area contributed by atoms with E-state index in [-0.39, 0.29) is 5.84 Å². The van der Waals surface area contributed by atoms with E-state index in [0.29, 0.717) is 17.9 Å². The molecule has 0 bridgehead atoms. The van der Waals surface area contributed by atoms with Gasteiger partial charge in [0.2, 0.25) is 0 Å². The first-order valence-electron chi connectivity index (χ1n) is 12.5. The largest absolute Gasteiger partial charge is 0.366 e. The number of nitrogens with zero attached hydrogens (tertiary/aromatic N) is 3. The summed E-state index contributed by atoms with van der Waals surface area (Å²) >= 11 is 0. The molecule has 0 unspecified atom stereocenters. The van der Waals surface area contributed by atoms with Crippen LogP contribution in [0.2, 0.25) is 0 Å². The summed E-state index contributed by atoms with van der Waals surface area (Å²) in [7, 11) is 1.74. The maximum Gasteiger partial charge on any atom is 0.155 e. The topological polar surface area (TPSA) is 73.5 Å². The lowest BCUT2D eigenvalue weighted by Gasteiger charge is -2.18. The Kier molecular flexibility index (Phi) is 10.4. The molecule has 1 heterocycles. The lowest BCUT2D eigenvalue weighted by atomic mass is 9.95. The number of aryl methyl sites for hydroxylation is 1. The average molecular weight is 502 g/mol. The van der Waals surface area contributed by atoms with E-state index in [1.165, 1.54) is 0 Å². The molecule has 192 valence electrons. The van der Waals surface area contributed by atoms with Crippen molar-refractivity contribution in [3.05, 3.63) is 132 Å². The number of rotatable bonds is 9. The molecule has 5 heteroatoms. The first-order chi connectivity index (χ1) is 18.5. The van der Waals surface area contributed by atoms with Gasteiger partial charge in [0.15, 0.2) is 5.84 Å². The maximum absolute atomic E-state index is 8.92. The van der Waals surface area contributed by atoms with Gasteiger partial charge in [-0.25, -0.2) is 4.99 Å². The van der Waals surface area contributed by atoms with Crippen molar-refractivity contribution in [2.45, 2.75) is 20.8 Å². The van der Waals surface area contributed by atoms with E-state index < -0.39 is 0 Å². The standard InChI is InChI=1S/C33H35N5/c1-6-8-10-14-24(3)20-37-33(31-25(4)15-13-18-30(31)27-16-11-9-12-17-27)38-32(34)29-19-28(22-36-23-29)26(7-2)21-35-5/h6-19,21-23H,1,20H2,2-5H3,(H2,34,37,38)/b10-8-,24-14+,26-7+,35-21-. The summed E-state index contributed by atoms with van der Waals surface area (Å²) in [6, 6.07) is 18.4. The molecule has 0 aliphatic heterocycles. The molecule has 0 fully saturated rings. The Labute approximate surface area is 226 Å². The molecule has 0 amide bonds. The minimum atomic E-state index is 0.126. The van der Waals surface area contributed by atoms with Crippen molar-refractivity contribution in [3.63, 3.8) is 0 Å². The van der Waals surface area contributed by atoms with Gasteiger partial charge in [-0.1, -0.05) is 91.1 Å². The molecule has 0 atom stereocenters. The van der Waals surface area contributed by atoms with Crippen LogP contribution in [0.5, 0.6) is 0 Å². The summed E-state index contributed by atoms with van der Waals surface area (Å²) < 4.78 is 0. The molecule has 2 aromatic carbocycles. The van der Waals surface area contributed by atoms with E-state index >= 15 is 0 Å². The van der Waals surface area contributed by atoms with Crippen LogP contribution in [0.25, 0.3) is 16.7 Å². The third-order valence-corrected chi connectivity index (χ3v) is 5.90. The molecular formula is C33H35N5. The summed E-state index contributed by atoms with van der Waals surface area (Å²) in [5, 5.41) is 12.4.